The van der Waals surface area contributed by atoms with Crippen molar-refractivity contribution in [3.05, 3.63) is 150 Å². The highest BCUT2D eigenvalue weighted by molar-refractivity contribution is 6.06. The van der Waals surface area contributed by atoms with E-state index in [0.717, 1.165) is 53.7 Å². The van der Waals surface area contributed by atoms with E-state index in [0.29, 0.717) is 41.6 Å². The summed E-state index contributed by atoms with van der Waals surface area (Å²) in [6.07, 6.45) is 7.14. The van der Waals surface area contributed by atoms with Crippen molar-refractivity contribution in [3.8, 4) is 34.1 Å². The van der Waals surface area contributed by atoms with Crippen LogP contribution in [0, 0.1) is 11.8 Å². The standard InChI is InChI=1S/C50H44O11/c51-45(35-8-4-3-5-9-35)25-12-32-10-17-37(18-11-32)58-31-59-38-21-15-34(16-22-38)33-13-19-36(20-14-33)56-26-6-1-2-7-27-57-39-23-24-40-41(43-30-46(52)60-48(43)53)29-44-47(42(40)28-39)50(55)61-49(44)54/h3-5,8-25,28,41,43-44,47H,1-2,6-7,26-27,29-31H2. The third kappa shape index (κ3) is 9.90. The maximum atomic E-state index is 12.7. The minimum absolute atomic E-state index is 0.0475. The topological polar surface area (TPSA) is 141 Å². The van der Waals surface area contributed by atoms with E-state index in [-0.39, 0.29) is 25.4 Å². The van der Waals surface area contributed by atoms with Crippen molar-refractivity contribution in [3.63, 3.8) is 0 Å². The van der Waals surface area contributed by atoms with E-state index >= 15 is 0 Å². The lowest BCUT2D eigenvalue weighted by atomic mass is 9.67. The first-order valence-corrected chi connectivity index (χ1v) is 20.5. The van der Waals surface area contributed by atoms with Crippen LogP contribution in [0.4, 0.5) is 0 Å². The molecule has 0 aromatic heterocycles. The molecular weight excluding hydrogens is 777 g/mol. The van der Waals surface area contributed by atoms with Crippen LogP contribution >= 0.6 is 0 Å². The fourth-order valence-electron chi connectivity index (χ4n) is 8.08. The first-order chi connectivity index (χ1) is 29.8. The summed E-state index contributed by atoms with van der Waals surface area (Å²) in [5.41, 5.74) is 5.00. The number of hydrogen-bond donors (Lipinski definition) is 0. The molecule has 5 aromatic carbocycles. The van der Waals surface area contributed by atoms with E-state index in [4.69, 9.17) is 28.4 Å². The van der Waals surface area contributed by atoms with E-state index in [1.54, 1.807) is 36.4 Å². The molecule has 61 heavy (non-hydrogen) atoms. The van der Waals surface area contributed by atoms with E-state index in [1.165, 1.54) is 0 Å². The Kier molecular flexibility index (Phi) is 12.6. The molecule has 0 N–H and O–H groups in total. The lowest BCUT2D eigenvalue weighted by molar-refractivity contribution is -0.155. The van der Waals surface area contributed by atoms with E-state index < -0.39 is 47.5 Å². The van der Waals surface area contributed by atoms with E-state index in [2.05, 4.69) is 0 Å². The summed E-state index contributed by atoms with van der Waals surface area (Å²) in [6.45, 7) is 1.12. The Labute approximate surface area is 353 Å². The first kappa shape index (κ1) is 40.8. The summed E-state index contributed by atoms with van der Waals surface area (Å²) in [5.74, 6) is -2.29. The number of ether oxygens (including phenoxy) is 6. The molecule has 310 valence electrons. The van der Waals surface area contributed by atoms with Gasteiger partial charge in [-0.15, -0.1) is 0 Å². The maximum Gasteiger partial charge on any atom is 0.321 e. The number of ketones is 1. The molecule has 0 spiro atoms. The van der Waals surface area contributed by atoms with Gasteiger partial charge in [0.15, 0.2) is 5.78 Å². The van der Waals surface area contributed by atoms with Gasteiger partial charge in [-0.05, 0) is 120 Å². The maximum absolute atomic E-state index is 12.7. The predicted molar refractivity (Wildman–Crippen MR) is 224 cm³/mol. The zero-order chi connectivity index (χ0) is 42.1. The van der Waals surface area contributed by atoms with Gasteiger partial charge in [-0.3, -0.25) is 24.0 Å². The van der Waals surface area contributed by atoms with Crippen molar-refractivity contribution in [2.24, 2.45) is 11.8 Å². The third-order valence-electron chi connectivity index (χ3n) is 11.3. The van der Waals surface area contributed by atoms with Gasteiger partial charge in [0, 0.05) is 5.56 Å². The van der Waals surface area contributed by atoms with Crippen molar-refractivity contribution in [2.75, 3.05) is 20.0 Å². The van der Waals surface area contributed by atoms with Crippen LogP contribution in [-0.2, 0) is 28.7 Å². The summed E-state index contributed by atoms with van der Waals surface area (Å²) in [7, 11) is 0. The number of esters is 4. The van der Waals surface area contributed by atoms with Gasteiger partial charge in [-0.25, -0.2) is 0 Å². The van der Waals surface area contributed by atoms with Gasteiger partial charge in [0.05, 0.1) is 37.4 Å². The molecular formula is C50H44O11. The van der Waals surface area contributed by atoms with E-state index in [1.807, 2.05) is 97.1 Å². The Balaban J connectivity index is 0.721. The number of carbonyl (C=O) groups is 5. The Morgan fingerprint density at radius 2 is 1.13 bits per heavy atom. The quantitative estimate of drug-likeness (QED) is 0.0209. The van der Waals surface area contributed by atoms with Crippen LogP contribution in [0.5, 0.6) is 23.0 Å². The molecule has 1 aliphatic carbocycles. The molecule has 2 saturated heterocycles. The second-order valence-electron chi connectivity index (χ2n) is 15.3. The largest absolute Gasteiger partial charge is 0.494 e. The Morgan fingerprint density at radius 3 is 1.75 bits per heavy atom. The smallest absolute Gasteiger partial charge is 0.321 e. The van der Waals surface area contributed by atoms with Crippen molar-refractivity contribution >= 4 is 35.7 Å². The Hall–Kier alpha value is -7.01. The third-order valence-corrected chi connectivity index (χ3v) is 11.3. The van der Waals surface area contributed by atoms with Crippen LogP contribution in [0.1, 0.15) is 77.4 Å². The van der Waals surface area contributed by atoms with Crippen molar-refractivity contribution in [1.29, 1.82) is 0 Å². The second-order valence-corrected chi connectivity index (χ2v) is 15.3. The van der Waals surface area contributed by atoms with E-state index in [9.17, 15) is 24.0 Å². The summed E-state index contributed by atoms with van der Waals surface area (Å²) < 4.78 is 33.3. The highest BCUT2D eigenvalue weighted by Crippen LogP contribution is 2.51. The molecule has 2 heterocycles. The molecule has 3 aliphatic rings. The number of fused-ring (bicyclic) bond motifs is 3. The fourth-order valence-corrected chi connectivity index (χ4v) is 8.08. The average Bonchev–Trinajstić information content (AvgIpc) is 3.78. The molecule has 4 atom stereocenters. The zero-order valence-electron chi connectivity index (χ0n) is 33.4. The molecule has 2 aliphatic heterocycles. The molecule has 4 unspecified atom stereocenters. The molecule has 2 fully saturated rings. The Bertz CT molecular complexity index is 2400. The number of cyclic esters (lactones) is 4. The SMILES string of the molecule is O=C1CC(C2CC3C(=O)OC(=O)C3c3cc(OCCCCCCOc4ccc(-c5ccc(OCOc6ccc(C=CC(=O)c7ccccc7)cc6)cc5)cc4)ccc32)C(=O)O1. The number of rotatable bonds is 18. The second kappa shape index (κ2) is 18.9. The molecule has 11 nitrogen and oxygen atoms in total. The first-order valence-electron chi connectivity index (χ1n) is 20.5. The minimum Gasteiger partial charge on any atom is -0.494 e. The van der Waals surface area contributed by atoms with Crippen LogP contribution in [0.25, 0.3) is 17.2 Å². The summed E-state index contributed by atoms with van der Waals surface area (Å²) in [5, 5.41) is 0. The molecule has 0 saturated carbocycles. The normalized spacial score (nSPS) is 19.2. The molecule has 8 rings (SSSR count). The van der Waals surface area contributed by atoms with Crippen molar-refractivity contribution < 1.29 is 52.4 Å². The van der Waals surface area contributed by atoms with Crippen LogP contribution in [0.15, 0.2) is 127 Å². The number of carbonyl (C=O) groups excluding carboxylic acids is 5. The molecule has 5 aromatic rings. The van der Waals surface area contributed by atoms with Gasteiger partial charge >= 0.3 is 23.9 Å². The summed E-state index contributed by atoms with van der Waals surface area (Å²) in [4.78, 5) is 61.7. The molecule has 0 radical (unpaired) electrons. The highest BCUT2D eigenvalue weighted by atomic mass is 16.7. The average molecular weight is 821 g/mol. The Morgan fingerprint density at radius 1 is 0.557 bits per heavy atom. The number of allylic oxidation sites excluding steroid dienone is 1. The van der Waals surface area contributed by atoms with Crippen LogP contribution < -0.4 is 18.9 Å². The van der Waals surface area contributed by atoms with Gasteiger partial charge < -0.3 is 28.4 Å². The van der Waals surface area contributed by atoms with Gasteiger partial charge in [-0.1, -0.05) is 78.9 Å². The van der Waals surface area contributed by atoms with Crippen LogP contribution in [0.3, 0.4) is 0 Å². The minimum atomic E-state index is -0.752. The van der Waals surface area contributed by atoms with Crippen molar-refractivity contribution in [2.45, 2.75) is 50.4 Å². The van der Waals surface area contributed by atoms with Crippen molar-refractivity contribution in [1.82, 2.24) is 0 Å². The van der Waals surface area contributed by atoms with Gasteiger partial charge in [0.2, 0.25) is 6.79 Å². The van der Waals surface area contributed by atoms with Crippen LogP contribution in [-0.4, -0.2) is 49.7 Å². The molecule has 0 bridgehead atoms. The van der Waals surface area contributed by atoms with Crippen LogP contribution in [0.2, 0.25) is 0 Å². The fraction of sp³-hybridized carbons (Fsp3) is 0.260. The summed E-state index contributed by atoms with van der Waals surface area (Å²) in [6, 6.07) is 37.8. The lowest BCUT2D eigenvalue weighted by Crippen LogP contribution is -2.31. The van der Waals surface area contributed by atoms with Gasteiger partial charge in [-0.2, -0.15) is 0 Å². The monoisotopic (exact) mass is 820 g/mol. The summed E-state index contributed by atoms with van der Waals surface area (Å²) >= 11 is 0. The zero-order valence-corrected chi connectivity index (χ0v) is 33.4. The van der Waals surface area contributed by atoms with Gasteiger partial charge in [0.1, 0.15) is 23.0 Å². The van der Waals surface area contributed by atoms with Gasteiger partial charge in [0.25, 0.3) is 0 Å². The highest BCUT2D eigenvalue weighted by Gasteiger charge is 2.53. The lowest BCUT2D eigenvalue weighted by Gasteiger charge is -2.33. The number of hydrogen-bond acceptors (Lipinski definition) is 11. The predicted octanol–water partition coefficient (Wildman–Crippen LogP) is 9.04. The number of unbranched alkanes of at least 4 members (excludes halogenated alkanes) is 3. The molecule has 0 amide bonds. The molecule has 11 heteroatoms. The number of benzene rings is 5.